The van der Waals surface area contributed by atoms with E-state index in [0.717, 1.165) is 0 Å². The van der Waals surface area contributed by atoms with Gasteiger partial charge in [0.25, 0.3) is 0 Å². The molecule has 14 heavy (non-hydrogen) atoms. The maximum Gasteiger partial charge on any atom is 0.342 e. The number of aliphatic hydroxyl groups excluding tert-OH is 1. The molecular formula is C8H16O6. The van der Waals surface area contributed by atoms with Crippen LogP contribution in [0, 0.1) is 0 Å². The first-order valence-corrected chi connectivity index (χ1v) is 4.25. The molecule has 6 heteroatoms. The van der Waals surface area contributed by atoms with Crippen LogP contribution in [0.5, 0.6) is 0 Å². The molecule has 0 aliphatic heterocycles. The molecule has 0 atom stereocenters. The van der Waals surface area contributed by atoms with Crippen molar-refractivity contribution in [3.05, 3.63) is 0 Å². The molecule has 0 saturated carbocycles. The van der Waals surface area contributed by atoms with Crippen LogP contribution in [0.25, 0.3) is 0 Å². The van der Waals surface area contributed by atoms with Crippen molar-refractivity contribution in [2.24, 2.45) is 0 Å². The van der Waals surface area contributed by atoms with Gasteiger partial charge >= 0.3 is 11.9 Å². The Morgan fingerprint density at radius 1 is 1.29 bits per heavy atom. The van der Waals surface area contributed by atoms with E-state index in [4.69, 9.17) is 15.5 Å². The summed E-state index contributed by atoms with van der Waals surface area (Å²) in [6, 6.07) is 0. The monoisotopic (exact) mass is 208 g/mol. The van der Waals surface area contributed by atoms with Gasteiger partial charge in [0, 0.05) is 19.4 Å². The number of carbonyl (C=O) groups is 2. The van der Waals surface area contributed by atoms with Crippen LogP contribution in [-0.4, -0.2) is 34.0 Å². The van der Waals surface area contributed by atoms with Crippen LogP contribution in [0.1, 0.15) is 32.6 Å². The lowest BCUT2D eigenvalue weighted by atomic mass is 10.3. The first-order valence-electron chi connectivity index (χ1n) is 4.25. The summed E-state index contributed by atoms with van der Waals surface area (Å²) >= 11 is 0. The van der Waals surface area contributed by atoms with Crippen LogP contribution in [-0.2, 0) is 14.5 Å². The van der Waals surface area contributed by atoms with E-state index in [2.05, 4.69) is 4.89 Å². The van der Waals surface area contributed by atoms with E-state index < -0.39 is 11.9 Å². The number of aliphatic carboxylic acids is 1. The zero-order valence-corrected chi connectivity index (χ0v) is 8.10. The van der Waals surface area contributed by atoms with Gasteiger partial charge in [-0.3, -0.25) is 4.79 Å². The van der Waals surface area contributed by atoms with Gasteiger partial charge in [-0.1, -0.05) is 6.92 Å². The van der Waals surface area contributed by atoms with Crippen molar-refractivity contribution < 1.29 is 29.9 Å². The average molecular weight is 208 g/mol. The second-order valence-electron chi connectivity index (χ2n) is 2.43. The van der Waals surface area contributed by atoms with Crippen LogP contribution < -0.4 is 0 Å². The summed E-state index contributed by atoms with van der Waals surface area (Å²) in [7, 11) is 0. The Balaban J connectivity index is 0. The van der Waals surface area contributed by atoms with Crippen LogP contribution in [0.2, 0.25) is 0 Å². The zero-order valence-electron chi connectivity index (χ0n) is 8.10. The number of carboxylic acids is 1. The van der Waals surface area contributed by atoms with Crippen molar-refractivity contribution >= 4 is 11.9 Å². The summed E-state index contributed by atoms with van der Waals surface area (Å²) in [4.78, 5) is 22.9. The van der Waals surface area contributed by atoms with Crippen molar-refractivity contribution in [1.82, 2.24) is 0 Å². The van der Waals surface area contributed by atoms with Crippen molar-refractivity contribution in [3.63, 3.8) is 0 Å². The Morgan fingerprint density at radius 3 is 2.00 bits per heavy atom. The Bertz CT molecular complexity index is 156. The van der Waals surface area contributed by atoms with E-state index in [9.17, 15) is 9.59 Å². The molecule has 0 aromatic carbocycles. The van der Waals surface area contributed by atoms with Crippen molar-refractivity contribution in [2.45, 2.75) is 32.6 Å². The van der Waals surface area contributed by atoms with Gasteiger partial charge < -0.3 is 15.1 Å². The fraction of sp³-hybridized carbons (Fsp3) is 0.750. The summed E-state index contributed by atoms with van der Waals surface area (Å²) in [6.45, 7) is 1.79. The highest BCUT2D eigenvalue weighted by molar-refractivity contribution is 5.68. The van der Waals surface area contributed by atoms with Gasteiger partial charge in [-0.05, 0) is 12.8 Å². The molecule has 0 aromatic rings. The minimum absolute atomic E-state index is 0.0354. The van der Waals surface area contributed by atoms with Crippen LogP contribution in [0.4, 0.5) is 0 Å². The normalized spacial score (nSPS) is 8.50. The summed E-state index contributed by atoms with van der Waals surface area (Å²) in [5.41, 5.74) is 0. The molecule has 84 valence electrons. The molecule has 0 unspecified atom stereocenters. The summed E-state index contributed by atoms with van der Waals surface area (Å²) in [6.07, 6.45) is 1.42. The van der Waals surface area contributed by atoms with Gasteiger partial charge in [0.05, 0.1) is 0 Å². The molecule has 0 amide bonds. The van der Waals surface area contributed by atoms with Crippen LogP contribution in [0.15, 0.2) is 0 Å². The summed E-state index contributed by atoms with van der Waals surface area (Å²) in [5.74, 6) is -1.42. The lowest BCUT2D eigenvalue weighted by molar-refractivity contribution is -0.234. The lowest BCUT2D eigenvalue weighted by Gasteiger charge is -1.87. The number of aliphatic hydroxyl groups is 1. The van der Waals surface area contributed by atoms with Crippen molar-refractivity contribution in [1.29, 1.82) is 0 Å². The van der Waals surface area contributed by atoms with E-state index in [0.29, 0.717) is 12.8 Å². The van der Waals surface area contributed by atoms with Crippen molar-refractivity contribution in [3.8, 4) is 0 Å². The van der Waals surface area contributed by atoms with Crippen molar-refractivity contribution in [2.75, 3.05) is 6.61 Å². The summed E-state index contributed by atoms with van der Waals surface area (Å²) in [5, 5.41) is 23.6. The van der Waals surface area contributed by atoms with Gasteiger partial charge in [0.2, 0.25) is 0 Å². The highest BCUT2D eigenvalue weighted by Gasteiger charge is 1.95. The molecule has 0 spiro atoms. The second-order valence-corrected chi connectivity index (χ2v) is 2.43. The van der Waals surface area contributed by atoms with Gasteiger partial charge in [-0.2, -0.15) is 5.26 Å². The highest BCUT2D eigenvalue weighted by Crippen LogP contribution is 1.86. The number of hydrogen-bond acceptors (Lipinski definition) is 5. The van der Waals surface area contributed by atoms with Gasteiger partial charge in [-0.15, -0.1) is 0 Å². The molecule has 0 aliphatic rings. The van der Waals surface area contributed by atoms with Gasteiger partial charge in [-0.25, -0.2) is 4.79 Å². The number of carbonyl (C=O) groups excluding carboxylic acids is 1. The maximum atomic E-state index is 9.94. The third kappa shape index (κ3) is 17.1. The molecule has 0 bridgehead atoms. The minimum Gasteiger partial charge on any atom is -0.481 e. The summed E-state index contributed by atoms with van der Waals surface area (Å²) < 4.78 is 0. The third-order valence-corrected chi connectivity index (χ3v) is 1.10. The number of hydrogen-bond donors (Lipinski definition) is 3. The predicted octanol–water partition coefficient (Wildman–Crippen LogP) is 0.646. The average Bonchev–Trinajstić information content (AvgIpc) is 2.16. The highest BCUT2D eigenvalue weighted by atomic mass is 17.1. The fourth-order valence-electron chi connectivity index (χ4n) is 0.480. The molecule has 6 nitrogen and oxygen atoms in total. The molecule has 0 heterocycles. The quantitative estimate of drug-likeness (QED) is 0.452. The largest absolute Gasteiger partial charge is 0.481 e. The number of carboxylic acid groups (broad SMARTS) is 1. The standard InChI is InChI=1S/2C4H8O3/c1-2-3-4(5)7-6;5-3-1-2-4(6)7/h6H,2-3H2,1H3;5H,1-3H2,(H,6,7). The van der Waals surface area contributed by atoms with Gasteiger partial charge in [0.1, 0.15) is 0 Å². The molecule has 0 aliphatic carbocycles. The van der Waals surface area contributed by atoms with E-state index in [-0.39, 0.29) is 19.4 Å². The molecule has 0 aromatic heterocycles. The molecule has 3 N–H and O–H groups in total. The smallest absolute Gasteiger partial charge is 0.342 e. The van der Waals surface area contributed by atoms with Crippen LogP contribution >= 0.6 is 0 Å². The van der Waals surface area contributed by atoms with E-state index >= 15 is 0 Å². The molecular weight excluding hydrogens is 192 g/mol. The first kappa shape index (κ1) is 15.3. The van der Waals surface area contributed by atoms with Gasteiger partial charge in [0.15, 0.2) is 0 Å². The predicted molar refractivity (Wildman–Crippen MR) is 47.6 cm³/mol. The number of rotatable bonds is 5. The van der Waals surface area contributed by atoms with E-state index in [1.807, 2.05) is 6.92 Å². The van der Waals surface area contributed by atoms with Crippen LogP contribution in [0.3, 0.4) is 0 Å². The Kier molecular flexibility index (Phi) is 13.0. The minimum atomic E-state index is -0.853. The molecule has 0 saturated heterocycles. The Labute approximate surface area is 82.0 Å². The molecule has 0 rings (SSSR count). The lowest BCUT2D eigenvalue weighted by Crippen LogP contribution is -1.97. The SMILES string of the molecule is CCCC(=O)OO.O=C(O)CCCO. The molecule has 0 radical (unpaired) electrons. The van der Waals surface area contributed by atoms with E-state index in [1.54, 1.807) is 0 Å². The fourth-order valence-corrected chi connectivity index (χ4v) is 0.480. The maximum absolute atomic E-state index is 9.94. The van der Waals surface area contributed by atoms with E-state index in [1.165, 1.54) is 0 Å². The first-order chi connectivity index (χ1) is 6.58. The Hall–Kier alpha value is -1.14. The Morgan fingerprint density at radius 2 is 1.86 bits per heavy atom. The molecule has 0 fully saturated rings. The zero-order chi connectivity index (χ0) is 11.4. The second kappa shape index (κ2) is 11.9. The topological polar surface area (TPSA) is 104 Å². The third-order valence-electron chi connectivity index (χ3n) is 1.10.